The fourth-order valence-electron chi connectivity index (χ4n) is 2.71. The molecule has 1 atom stereocenters. The molecule has 0 amide bonds. The Morgan fingerprint density at radius 1 is 1.33 bits per heavy atom. The summed E-state index contributed by atoms with van der Waals surface area (Å²) in [5.41, 5.74) is 0.814. The maximum absolute atomic E-state index is 13.1. The second-order valence-electron chi connectivity index (χ2n) is 5.37. The molecular weight excluding hydrogens is 325 g/mol. The van der Waals surface area contributed by atoms with E-state index in [0.29, 0.717) is 12.4 Å². The Morgan fingerprint density at radius 2 is 2.08 bits per heavy atom. The van der Waals surface area contributed by atoms with Gasteiger partial charge in [-0.05, 0) is 55.6 Å². The molecule has 2 aromatic heterocycles. The van der Waals surface area contributed by atoms with Crippen LogP contribution >= 0.6 is 11.3 Å². The van der Waals surface area contributed by atoms with Crippen LogP contribution in [0.15, 0.2) is 54.2 Å². The Hall–Kier alpha value is -2.47. The first-order valence-corrected chi connectivity index (χ1v) is 8.63. The van der Waals surface area contributed by atoms with Crippen molar-refractivity contribution in [1.29, 1.82) is 0 Å². The summed E-state index contributed by atoms with van der Waals surface area (Å²) in [5.74, 6) is 0.0482. The average Bonchev–Trinajstić information content (AvgIpc) is 3.27. The Bertz CT molecular complexity index is 811. The van der Waals surface area contributed by atoms with Crippen LogP contribution in [-0.2, 0) is 0 Å². The highest BCUT2D eigenvalue weighted by atomic mass is 32.1. The van der Waals surface area contributed by atoms with Gasteiger partial charge in [-0.2, -0.15) is 0 Å². The molecular formula is C18H18FN3OS. The van der Waals surface area contributed by atoms with Crippen molar-refractivity contribution < 1.29 is 9.18 Å². The molecule has 0 saturated heterocycles. The van der Waals surface area contributed by atoms with E-state index in [4.69, 9.17) is 0 Å². The maximum Gasteiger partial charge on any atom is 0.220 e. The van der Waals surface area contributed by atoms with Gasteiger partial charge in [0.25, 0.3) is 0 Å². The highest BCUT2D eigenvalue weighted by molar-refractivity contribution is 7.12. The van der Waals surface area contributed by atoms with Gasteiger partial charge in [0.2, 0.25) is 5.78 Å². The third-order valence-corrected chi connectivity index (χ3v) is 4.82. The van der Waals surface area contributed by atoms with E-state index in [1.54, 1.807) is 35.9 Å². The van der Waals surface area contributed by atoms with Gasteiger partial charge >= 0.3 is 0 Å². The molecule has 2 heterocycles. The van der Waals surface area contributed by atoms with Crippen molar-refractivity contribution in [3.05, 3.63) is 65.8 Å². The summed E-state index contributed by atoms with van der Waals surface area (Å²) in [4.78, 5) is 19.2. The van der Waals surface area contributed by atoms with Crippen molar-refractivity contribution in [2.45, 2.75) is 19.9 Å². The third-order valence-electron chi connectivity index (χ3n) is 3.95. The molecule has 24 heavy (non-hydrogen) atoms. The Morgan fingerprint density at radius 3 is 2.71 bits per heavy atom. The summed E-state index contributed by atoms with van der Waals surface area (Å²) in [6.45, 7) is 4.46. The summed E-state index contributed by atoms with van der Waals surface area (Å²) < 4.78 is 15.0. The van der Waals surface area contributed by atoms with Crippen LogP contribution in [0, 0.1) is 5.82 Å². The number of aromatic nitrogens is 2. The first kappa shape index (κ1) is 16.4. The number of ketones is 1. The van der Waals surface area contributed by atoms with Crippen LogP contribution in [0.4, 0.5) is 10.1 Å². The van der Waals surface area contributed by atoms with E-state index < -0.39 is 6.04 Å². The van der Waals surface area contributed by atoms with Crippen LogP contribution in [0.25, 0.3) is 5.00 Å². The van der Waals surface area contributed by atoms with Gasteiger partial charge in [0.1, 0.15) is 10.8 Å². The number of hydrogen-bond donors (Lipinski definition) is 0. The number of rotatable bonds is 6. The summed E-state index contributed by atoms with van der Waals surface area (Å²) in [7, 11) is 0. The first-order valence-electron chi connectivity index (χ1n) is 7.75. The second-order valence-corrected chi connectivity index (χ2v) is 6.30. The lowest BCUT2D eigenvalue weighted by atomic mass is 10.1. The minimum atomic E-state index is -0.401. The normalized spacial score (nSPS) is 12.1. The van der Waals surface area contributed by atoms with Gasteiger partial charge in [0.15, 0.2) is 5.82 Å². The van der Waals surface area contributed by atoms with E-state index in [9.17, 15) is 9.18 Å². The number of halogens is 1. The van der Waals surface area contributed by atoms with Crippen molar-refractivity contribution in [3.63, 3.8) is 0 Å². The monoisotopic (exact) mass is 343 g/mol. The maximum atomic E-state index is 13.1. The van der Waals surface area contributed by atoms with Crippen molar-refractivity contribution in [1.82, 2.24) is 9.55 Å². The van der Waals surface area contributed by atoms with Gasteiger partial charge in [0.05, 0.1) is 6.04 Å². The second kappa shape index (κ2) is 6.97. The molecule has 0 bridgehead atoms. The highest BCUT2D eigenvalue weighted by Crippen LogP contribution is 2.22. The summed E-state index contributed by atoms with van der Waals surface area (Å²) in [6, 6.07) is 9.67. The minimum absolute atomic E-state index is 0.0698. The van der Waals surface area contributed by atoms with Crippen LogP contribution in [0.1, 0.15) is 24.5 Å². The molecule has 0 fully saturated rings. The standard InChI is InChI=1S/C18H18FN3OS/c1-3-21(15-8-6-14(19)7-9-15)13(2)17(23)18-20-10-11-22(18)16-5-4-12-24-16/h4-13H,3H2,1-2H3/t13-/m0/s1. The van der Waals surface area contributed by atoms with E-state index in [2.05, 4.69) is 4.98 Å². The SMILES string of the molecule is CCN(c1ccc(F)cc1)[C@@H](C)C(=O)c1nccn1-c1cccs1. The Kier molecular flexibility index (Phi) is 4.76. The van der Waals surface area contributed by atoms with Gasteiger partial charge in [-0.15, -0.1) is 11.3 Å². The summed E-state index contributed by atoms with van der Waals surface area (Å²) in [6.07, 6.45) is 3.42. The molecule has 0 N–H and O–H groups in total. The highest BCUT2D eigenvalue weighted by Gasteiger charge is 2.26. The number of imidazole rings is 1. The molecule has 0 aliphatic rings. The number of carbonyl (C=O) groups is 1. The number of Topliss-reactive ketones (excluding diaryl/α,β-unsaturated/α-hetero) is 1. The van der Waals surface area contributed by atoms with E-state index in [-0.39, 0.29) is 11.6 Å². The van der Waals surface area contributed by atoms with Gasteiger partial charge in [-0.1, -0.05) is 0 Å². The molecule has 0 radical (unpaired) electrons. The average molecular weight is 343 g/mol. The van der Waals surface area contributed by atoms with Crippen molar-refractivity contribution in [2.24, 2.45) is 0 Å². The molecule has 3 aromatic rings. The van der Waals surface area contributed by atoms with Crippen molar-refractivity contribution in [3.8, 4) is 5.00 Å². The predicted molar refractivity (Wildman–Crippen MR) is 94.7 cm³/mol. The van der Waals surface area contributed by atoms with E-state index >= 15 is 0 Å². The number of hydrogen-bond acceptors (Lipinski definition) is 4. The van der Waals surface area contributed by atoms with Gasteiger partial charge < -0.3 is 4.90 Å². The topological polar surface area (TPSA) is 38.1 Å². The molecule has 3 rings (SSSR count). The zero-order valence-corrected chi connectivity index (χ0v) is 14.3. The predicted octanol–water partition coefficient (Wildman–Crippen LogP) is 4.17. The molecule has 1 aromatic carbocycles. The van der Waals surface area contributed by atoms with Crippen LogP contribution in [0.5, 0.6) is 0 Å². The smallest absolute Gasteiger partial charge is 0.220 e. The fourth-order valence-corrected chi connectivity index (χ4v) is 3.43. The van der Waals surface area contributed by atoms with Gasteiger partial charge in [-0.25, -0.2) is 9.37 Å². The van der Waals surface area contributed by atoms with E-state index in [1.807, 2.05) is 40.8 Å². The Balaban J connectivity index is 1.89. The van der Waals surface area contributed by atoms with Gasteiger partial charge in [-0.3, -0.25) is 9.36 Å². The summed E-state index contributed by atoms with van der Waals surface area (Å²) >= 11 is 1.55. The molecule has 0 aliphatic heterocycles. The Labute approximate surface area is 144 Å². The number of benzene rings is 1. The number of nitrogens with zero attached hydrogens (tertiary/aromatic N) is 3. The molecule has 0 aliphatic carbocycles. The lowest BCUT2D eigenvalue weighted by Gasteiger charge is -2.29. The van der Waals surface area contributed by atoms with Crippen LogP contribution < -0.4 is 4.90 Å². The third kappa shape index (κ3) is 3.10. The number of likely N-dealkylation sites (N-methyl/N-ethyl adjacent to an activating group) is 1. The molecule has 0 unspecified atom stereocenters. The largest absolute Gasteiger partial charge is 0.362 e. The number of thiophene rings is 1. The lowest BCUT2D eigenvalue weighted by molar-refractivity contribution is 0.0952. The quantitative estimate of drug-likeness (QED) is 0.631. The first-order chi connectivity index (χ1) is 11.6. The van der Waals surface area contributed by atoms with Gasteiger partial charge in [0, 0.05) is 24.6 Å². The van der Waals surface area contributed by atoms with E-state index in [1.165, 1.54) is 12.1 Å². The molecule has 4 nitrogen and oxygen atoms in total. The fraction of sp³-hybridized carbons (Fsp3) is 0.222. The molecule has 6 heteroatoms. The zero-order chi connectivity index (χ0) is 17.1. The zero-order valence-electron chi connectivity index (χ0n) is 13.5. The van der Waals surface area contributed by atoms with E-state index in [0.717, 1.165) is 10.7 Å². The molecule has 0 spiro atoms. The van der Waals surface area contributed by atoms with Crippen LogP contribution in [-0.4, -0.2) is 27.9 Å². The van der Waals surface area contributed by atoms with Crippen molar-refractivity contribution in [2.75, 3.05) is 11.4 Å². The number of carbonyl (C=O) groups excluding carboxylic acids is 1. The van der Waals surface area contributed by atoms with Crippen LogP contribution in [0.2, 0.25) is 0 Å². The lowest BCUT2D eigenvalue weighted by Crippen LogP contribution is -2.40. The molecule has 124 valence electrons. The number of anilines is 1. The molecule has 0 saturated carbocycles. The summed E-state index contributed by atoms with van der Waals surface area (Å²) in [5, 5.41) is 2.91. The van der Waals surface area contributed by atoms with Crippen molar-refractivity contribution >= 4 is 22.8 Å². The van der Waals surface area contributed by atoms with Crippen LogP contribution in [0.3, 0.4) is 0 Å². The minimum Gasteiger partial charge on any atom is -0.362 e.